The number of rotatable bonds is 16. The van der Waals surface area contributed by atoms with Gasteiger partial charge >= 0.3 is 5.97 Å². The SMILES string of the molecule is CCCCCCCCCCCCCCCc1[nH]c2ccc(C(=O)O)cc2c1SC. The summed E-state index contributed by atoms with van der Waals surface area (Å²) in [5.74, 6) is -0.863. The van der Waals surface area contributed by atoms with Crippen molar-refractivity contribution in [3.63, 3.8) is 0 Å². The molecule has 2 aromatic rings. The zero-order chi connectivity index (χ0) is 20.9. The Morgan fingerprint density at radius 3 is 1.97 bits per heavy atom. The Bertz CT molecular complexity index is 738. The van der Waals surface area contributed by atoms with Crippen LogP contribution in [0, 0.1) is 0 Å². The number of unbranched alkanes of at least 4 members (excludes halogenated alkanes) is 12. The Balaban J connectivity index is 1.62. The molecule has 0 amide bonds. The van der Waals surface area contributed by atoms with E-state index in [1.54, 1.807) is 23.9 Å². The summed E-state index contributed by atoms with van der Waals surface area (Å²) in [5.41, 5.74) is 2.67. The average Bonchev–Trinajstić information content (AvgIpc) is 3.07. The normalized spacial score (nSPS) is 11.4. The van der Waals surface area contributed by atoms with E-state index in [9.17, 15) is 9.90 Å². The number of hydrogen-bond donors (Lipinski definition) is 2. The highest BCUT2D eigenvalue weighted by atomic mass is 32.2. The van der Waals surface area contributed by atoms with Crippen LogP contribution in [0.4, 0.5) is 0 Å². The number of fused-ring (bicyclic) bond motifs is 1. The molecule has 162 valence electrons. The predicted molar refractivity (Wildman–Crippen MR) is 126 cm³/mol. The van der Waals surface area contributed by atoms with E-state index in [4.69, 9.17) is 0 Å². The van der Waals surface area contributed by atoms with Gasteiger partial charge in [0.15, 0.2) is 0 Å². The van der Waals surface area contributed by atoms with E-state index in [1.165, 1.54) is 94.1 Å². The lowest BCUT2D eigenvalue weighted by Gasteiger charge is -2.04. The quantitative estimate of drug-likeness (QED) is 0.214. The second kappa shape index (κ2) is 13.7. The first-order valence-corrected chi connectivity index (χ1v) is 12.8. The smallest absolute Gasteiger partial charge is 0.335 e. The minimum Gasteiger partial charge on any atom is -0.478 e. The van der Waals surface area contributed by atoms with E-state index in [0.29, 0.717) is 5.56 Å². The first kappa shape index (κ1) is 23.9. The topological polar surface area (TPSA) is 53.1 Å². The molecule has 0 saturated heterocycles. The van der Waals surface area contributed by atoms with Gasteiger partial charge in [-0.05, 0) is 37.3 Å². The van der Waals surface area contributed by atoms with Crippen LogP contribution in [0.1, 0.15) is 106 Å². The molecule has 4 heteroatoms. The molecule has 2 N–H and O–H groups in total. The minimum atomic E-state index is -0.863. The number of hydrogen-bond acceptors (Lipinski definition) is 2. The molecule has 1 aromatic heterocycles. The Morgan fingerprint density at radius 1 is 0.897 bits per heavy atom. The van der Waals surface area contributed by atoms with Gasteiger partial charge < -0.3 is 10.1 Å². The number of aryl methyl sites for hydroxylation is 1. The second-order valence-corrected chi connectivity index (χ2v) is 9.01. The Labute approximate surface area is 181 Å². The molecule has 0 fully saturated rings. The largest absolute Gasteiger partial charge is 0.478 e. The van der Waals surface area contributed by atoms with Crippen molar-refractivity contribution in [3.8, 4) is 0 Å². The van der Waals surface area contributed by atoms with Crippen molar-refractivity contribution in [3.05, 3.63) is 29.5 Å². The molecular weight excluding hydrogens is 378 g/mol. The number of thioether (sulfide) groups is 1. The van der Waals surface area contributed by atoms with Gasteiger partial charge in [-0.3, -0.25) is 0 Å². The number of carbonyl (C=O) groups is 1. The molecule has 29 heavy (non-hydrogen) atoms. The van der Waals surface area contributed by atoms with Gasteiger partial charge in [-0.2, -0.15) is 0 Å². The van der Waals surface area contributed by atoms with Crippen molar-refractivity contribution in [1.82, 2.24) is 4.98 Å². The summed E-state index contributed by atoms with van der Waals surface area (Å²) in [7, 11) is 0. The lowest BCUT2D eigenvalue weighted by atomic mass is 10.0. The Hall–Kier alpha value is -1.42. The van der Waals surface area contributed by atoms with Gasteiger partial charge in [0.2, 0.25) is 0 Å². The monoisotopic (exact) mass is 417 g/mol. The summed E-state index contributed by atoms with van der Waals surface area (Å²) < 4.78 is 0. The van der Waals surface area contributed by atoms with Gasteiger partial charge in [0, 0.05) is 21.5 Å². The third-order valence-corrected chi connectivity index (χ3v) is 6.68. The van der Waals surface area contributed by atoms with Gasteiger partial charge in [0.25, 0.3) is 0 Å². The van der Waals surface area contributed by atoms with Crippen molar-refractivity contribution in [2.24, 2.45) is 0 Å². The summed E-state index contributed by atoms with van der Waals surface area (Å²) in [4.78, 5) is 16.0. The molecule has 0 aliphatic rings. The van der Waals surface area contributed by atoms with Crippen molar-refractivity contribution < 1.29 is 9.90 Å². The van der Waals surface area contributed by atoms with Crippen molar-refractivity contribution in [1.29, 1.82) is 0 Å². The first-order valence-electron chi connectivity index (χ1n) is 11.6. The van der Waals surface area contributed by atoms with Gasteiger partial charge in [-0.25, -0.2) is 4.79 Å². The van der Waals surface area contributed by atoms with E-state index < -0.39 is 5.97 Å². The van der Waals surface area contributed by atoms with Crippen LogP contribution in [0.2, 0.25) is 0 Å². The van der Waals surface area contributed by atoms with Crippen LogP contribution in [0.3, 0.4) is 0 Å². The fraction of sp³-hybridized carbons (Fsp3) is 0.640. The molecule has 0 atom stereocenters. The van der Waals surface area contributed by atoms with E-state index in [2.05, 4.69) is 18.2 Å². The highest BCUT2D eigenvalue weighted by molar-refractivity contribution is 7.98. The van der Waals surface area contributed by atoms with E-state index in [1.807, 2.05) is 6.07 Å². The van der Waals surface area contributed by atoms with Crippen molar-refractivity contribution >= 4 is 28.6 Å². The van der Waals surface area contributed by atoms with Crippen molar-refractivity contribution in [2.45, 2.75) is 102 Å². The molecule has 3 nitrogen and oxygen atoms in total. The highest BCUT2D eigenvalue weighted by Crippen LogP contribution is 2.32. The maximum atomic E-state index is 11.2. The molecular formula is C25H39NO2S. The fourth-order valence-corrected chi connectivity index (χ4v) is 4.87. The number of benzene rings is 1. The summed E-state index contributed by atoms with van der Waals surface area (Å²) in [6, 6.07) is 5.37. The number of carboxylic acids is 1. The third kappa shape index (κ3) is 8.08. The summed E-state index contributed by atoms with van der Waals surface area (Å²) in [6.07, 6.45) is 20.9. The Kier molecular flexibility index (Phi) is 11.3. The van der Waals surface area contributed by atoms with Gasteiger partial charge in [0.1, 0.15) is 0 Å². The molecule has 0 saturated carbocycles. The molecule has 0 spiro atoms. The standard InChI is InChI=1S/C25H39NO2S/c1-3-4-5-6-7-8-9-10-11-12-13-14-15-16-23-24(29-2)21-19-20(25(27)28)17-18-22(21)26-23/h17-19,26H,3-16H2,1-2H3,(H,27,28). The maximum absolute atomic E-state index is 11.2. The van der Waals surface area contributed by atoms with Gasteiger partial charge in [0.05, 0.1) is 5.56 Å². The number of carboxylic acid groups (broad SMARTS) is 1. The van der Waals surface area contributed by atoms with Crippen LogP contribution in [0.25, 0.3) is 10.9 Å². The van der Waals surface area contributed by atoms with E-state index in [0.717, 1.165) is 17.3 Å². The number of aromatic carboxylic acids is 1. The molecule has 1 aromatic carbocycles. The second-order valence-electron chi connectivity index (χ2n) is 8.19. The number of aromatic nitrogens is 1. The van der Waals surface area contributed by atoms with E-state index >= 15 is 0 Å². The summed E-state index contributed by atoms with van der Waals surface area (Å²) >= 11 is 1.71. The lowest BCUT2D eigenvalue weighted by molar-refractivity contribution is 0.0697. The zero-order valence-corrected chi connectivity index (χ0v) is 19.2. The average molecular weight is 418 g/mol. The van der Waals surface area contributed by atoms with Crippen molar-refractivity contribution in [2.75, 3.05) is 6.26 Å². The van der Waals surface area contributed by atoms with Crippen LogP contribution < -0.4 is 0 Å². The molecule has 0 bridgehead atoms. The summed E-state index contributed by atoms with van der Waals surface area (Å²) in [6.45, 7) is 2.28. The minimum absolute atomic E-state index is 0.360. The molecule has 0 aliphatic heterocycles. The Morgan fingerprint density at radius 2 is 1.45 bits per heavy atom. The predicted octanol–water partition coefficient (Wildman–Crippen LogP) is 8.22. The first-order chi connectivity index (χ1) is 14.2. The molecule has 2 rings (SSSR count). The molecule has 1 heterocycles. The number of aromatic amines is 1. The maximum Gasteiger partial charge on any atom is 0.335 e. The van der Waals surface area contributed by atoms with Gasteiger partial charge in [-0.1, -0.05) is 84.0 Å². The molecule has 0 radical (unpaired) electrons. The van der Waals surface area contributed by atoms with Crippen LogP contribution in [0.5, 0.6) is 0 Å². The van der Waals surface area contributed by atoms with Crippen LogP contribution in [-0.4, -0.2) is 22.3 Å². The highest BCUT2D eigenvalue weighted by Gasteiger charge is 2.13. The van der Waals surface area contributed by atoms with Crippen LogP contribution in [-0.2, 0) is 6.42 Å². The van der Waals surface area contributed by atoms with Crippen LogP contribution in [0.15, 0.2) is 23.1 Å². The number of nitrogens with one attached hydrogen (secondary N) is 1. The van der Waals surface area contributed by atoms with E-state index in [-0.39, 0.29) is 0 Å². The fourth-order valence-electron chi connectivity index (χ4n) is 4.08. The molecule has 0 aliphatic carbocycles. The summed E-state index contributed by atoms with van der Waals surface area (Å²) in [5, 5.41) is 10.3. The lowest BCUT2D eigenvalue weighted by Crippen LogP contribution is -1.94. The number of H-pyrrole nitrogens is 1. The van der Waals surface area contributed by atoms with Crippen LogP contribution >= 0.6 is 11.8 Å². The molecule has 0 unspecified atom stereocenters. The third-order valence-electron chi connectivity index (χ3n) is 5.81. The van der Waals surface area contributed by atoms with Gasteiger partial charge in [-0.15, -0.1) is 11.8 Å². The zero-order valence-electron chi connectivity index (χ0n) is 18.4.